The average molecular weight is 234 g/mol. The first kappa shape index (κ1) is 12.4. The van der Waals surface area contributed by atoms with E-state index in [1.807, 2.05) is 6.07 Å². The molecular formula is C15H22O2. The minimum absolute atomic E-state index is 0.169. The number of aliphatic hydroxyl groups excluding tert-OH is 1. The molecule has 1 aliphatic carbocycles. The zero-order valence-corrected chi connectivity index (χ0v) is 10.6. The van der Waals surface area contributed by atoms with Crippen LogP contribution in [0, 0.1) is 0 Å². The van der Waals surface area contributed by atoms with Gasteiger partial charge in [-0.25, -0.2) is 0 Å². The highest BCUT2D eigenvalue weighted by Gasteiger charge is 2.30. The first-order valence-corrected chi connectivity index (χ1v) is 6.59. The first-order chi connectivity index (χ1) is 8.15. The Bertz CT molecular complexity index is 387. The third-order valence-corrected chi connectivity index (χ3v) is 4.05. The second-order valence-corrected chi connectivity index (χ2v) is 5.44. The Kier molecular flexibility index (Phi) is 3.72. The summed E-state index contributed by atoms with van der Waals surface area (Å²) in [6.07, 6.45) is 6.57. The number of phenolic OH excluding ortho intramolecular Hbond substituents is 1. The highest BCUT2D eigenvalue weighted by atomic mass is 16.3. The van der Waals surface area contributed by atoms with E-state index in [1.54, 1.807) is 6.07 Å². The van der Waals surface area contributed by atoms with E-state index in [2.05, 4.69) is 13.0 Å². The zero-order valence-electron chi connectivity index (χ0n) is 10.6. The largest absolute Gasteiger partial charge is 0.508 e. The number of benzene rings is 1. The van der Waals surface area contributed by atoms with Crippen LogP contribution in [0.3, 0.4) is 0 Å². The molecule has 1 unspecified atom stereocenters. The molecule has 0 saturated carbocycles. The molecule has 0 heterocycles. The number of hydrogen-bond donors (Lipinski definition) is 2. The van der Waals surface area contributed by atoms with E-state index in [0.29, 0.717) is 5.75 Å². The van der Waals surface area contributed by atoms with E-state index in [4.69, 9.17) is 5.11 Å². The third-order valence-electron chi connectivity index (χ3n) is 4.05. The normalized spacial score (nSPS) is 24.1. The van der Waals surface area contributed by atoms with Gasteiger partial charge in [0, 0.05) is 6.61 Å². The van der Waals surface area contributed by atoms with E-state index in [-0.39, 0.29) is 12.0 Å². The van der Waals surface area contributed by atoms with Gasteiger partial charge in [0.25, 0.3) is 0 Å². The zero-order chi connectivity index (χ0) is 12.3. The van der Waals surface area contributed by atoms with Crippen molar-refractivity contribution in [3.8, 4) is 5.75 Å². The fraction of sp³-hybridized carbons (Fsp3) is 0.600. The van der Waals surface area contributed by atoms with E-state index < -0.39 is 0 Å². The van der Waals surface area contributed by atoms with Crippen LogP contribution in [0.1, 0.15) is 50.2 Å². The lowest BCUT2D eigenvalue weighted by molar-refractivity contribution is 0.259. The molecule has 1 atom stereocenters. The highest BCUT2D eigenvalue weighted by molar-refractivity contribution is 5.40. The number of phenols is 1. The minimum Gasteiger partial charge on any atom is -0.508 e. The molecular weight excluding hydrogens is 212 g/mol. The van der Waals surface area contributed by atoms with Crippen LogP contribution >= 0.6 is 0 Å². The van der Waals surface area contributed by atoms with Crippen molar-refractivity contribution in [3.05, 3.63) is 29.3 Å². The van der Waals surface area contributed by atoms with Crippen LogP contribution in [0.4, 0.5) is 0 Å². The molecule has 0 fully saturated rings. The molecule has 2 N–H and O–H groups in total. The van der Waals surface area contributed by atoms with Crippen molar-refractivity contribution in [2.75, 3.05) is 6.61 Å². The number of aromatic hydroxyl groups is 1. The predicted octanol–water partition coefficient (Wildman–Crippen LogP) is 3.15. The number of aliphatic hydroxyl groups is 1. The summed E-state index contributed by atoms with van der Waals surface area (Å²) >= 11 is 0. The predicted molar refractivity (Wildman–Crippen MR) is 69.3 cm³/mol. The molecule has 17 heavy (non-hydrogen) atoms. The van der Waals surface area contributed by atoms with Crippen LogP contribution in [0.2, 0.25) is 0 Å². The molecule has 1 aliphatic rings. The SMILES string of the molecule is CC1(CCCO)CCCCc2cc(O)ccc21. The third kappa shape index (κ3) is 2.63. The van der Waals surface area contributed by atoms with Gasteiger partial charge in [-0.15, -0.1) is 0 Å². The van der Waals surface area contributed by atoms with Gasteiger partial charge in [-0.2, -0.15) is 0 Å². The molecule has 0 radical (unpaired) electrons. The van der Waals surface area contributed by atoms with Crippen LogP contribution in [-0.4, -0.2) is 16.8 Å². The molecule has 94 valence electrons. The molecule has 0 spiro atoms. The quantitative estimate of drug-likeness (QED) is 0.789. The molecule has 0 bridgehead atoms. The number of fused-ring (bicyclic) bond motifs is 1. The maximum atomic E-state index is 9.59. The Balaban J connectivity index is 2.35. The molecule has 2 rings (SSSR count). The monoisotopic (exact) mass is 234 g/mol. The summed E-state index contributed by atoms with van der Waals surface area (Å²) in [5.41, 5.74) is 2.84. The molecule has 0 saturated heterocycles. The smallest absolute Gasteiger partial charge is 0.115 e. The molecule has 1 aromatic rings. The van der Waals surface area contributed by atoms with Crippen LogP contribution in [0.5, 0.6) is 5.75 Å². The molecule has 0 aromatic heterocycles. The lowest BCUT2D eigenvalue weighted by Gasteiger charge is -2.30. The number of aryl methyl sites for hydroxylation is 1. The maximum absolute atomic E-state index is 9.59. The van der Waals surface area contributed by atoms with E-state index in [9.17, 15) is 5.11 Å². The van der Waals surface area contributed by atoms with Gasteiger partial charge in [0.15, 0.2) is 0 Å². The Morgan fingerprint density at radius 3 is 2.88 bits per heavy atom. The molecule has 2 heteroatoms. The summed E-state index contributed by atoms with van der Waals surface area (Å²) in [5.74, 6) is 0.371. The van der Waals surface area contributed by atoms with Gasteiger partial charge in [-0.1, -0.05) is 19.4 Å². The highest BCUT2D eigenvalue weighted by Crippen LogP contribution is 2.40. The molecule has 1 aromatic carbocycles. The van der Waals surface area contributed by atoms with Crippen molar-refractivity contribution in [3.63, 3.8) is 0 Å². The standard InChI is InChI=1S/C15H22O2/c1-15(9-4-10-16)8-3-2-5-12-11-13(17)6-7-14(12)15/h6-7,11,16-17H,2-5,8-10H2,1H3. The summed E-state index contributed by atoms with van der Waals surface area (Å²) in [6.45, 7) is 2.56. The number of rotatable bonds is 3. The van der Waals surface area contributed by atoms with Gasteiger partial charge in [-0.3, -0.25) is 0 Å². The minimum atomic E-state index is 0.169. The van der Waals surface area contributed by atoms with Crippen LogP contribution < -0.4 is 0 Å². The number of hydrogen-bond acceptors (Lipinski definition) is 2. The van der Waals surface area contributed by atoms with Crippen LogP contribution in [-0.2, 0) is 11.8 Å². The first-order valence-electron chi connectivity index (χ1n) is 6.59. The fourth-order valence-corrected chi connectivity index (χ4v) is 3.07. The topological polar surface area (TPSA) is 40.5 Å². The van der Waals surface area contributed by atoms with E-state index in [0.717, 1.165) is 19.3 Å². The van der Waals surface area contributed by atoms with Gasteiger partial charge < -0.3 is 10.2 Å². The lowest BCUT2D eigenvalue weighted by atomic mass is 9.74. The van der Waals surface area contributed by atoms with Gasteiger partial charge in [0.2, 0.25) is 0 Å². The van der Waals surface area contributed by atoms with Crippen molar-refractivity contribution in [2.45, 2.75) is 50.9 Å². The molecule has 0 aliphatic heterocycles. The second kappa shape index (κ2) is 5.09. The summed E-state index contributed by atoms with van der Waals surface area (Å²) in [5, 5.41) is 18.6. The fourth-order valence-electron chi connectivity index (χ4n) is 3.07. The van der Waals surface area contributed by atoms with Crippen LogP contribution in [0.15, 0.2) is 18.2 Å². The van der Waals surface area contributed by atoms with Gasteiger partial charge >= 0.3 is 0 Å². The summed E-state index contributed by atoms with van der Waals surface area (Å²) < 4.78 is 0. The van der Waals surface area contributed by atoms with Crippen molar-refractivity contribution >= 4 is 0 Å². The average Bonchev–Trinajstić information content (AvgIpc) is 2.47. The maximum Gasteiger partial charge on any atom is 0.115 e. The van der Waals surface area contributed by atoms with E-state index in [1.165, 1.54) is 30.4 Å². The summed E-state index contributed by atoms with van der Waals surface area (Å²) in [4.78, 5) is 0. The molecule has 0 amide bonds. The lowest BCUT2D eigenvalue weighted by Crippen LogP contribution is -2.22. The Morgan fingerprint density at radius 1 is 1.29 bits per heavy atom. The van der Waals surface area contributed by atoms with Crippen molar-refractivity contribution in [1.82, 2.24) is 0 Å². The molecule has 2 nitrogen and oxygen atoms in total. The summed E-state index contributed by atoms with van der Waals surface area (Å²) in [7, 11) is 0. The van der Waals surface area contributed by atoms with Gasteiger partial charge in [0.1, 0.15) is 5.75 Å². The Hall–Kier alpha value is -1.02. The van der Waals surface area contributed by atoms with Gasteiger partial charge in [0.05, 0.1) is 0 Å². The van der Waals surface area contributed by atoms with E-state index >= 15 is 0 Å². The van der Waals surface area contributed by atoms with Crippen LogP contribution in [0.25, 0.3) is 0 Å². The van der Waals surface area contributed by atoms with Crippen molar-refractivity contribution in [2.24, 2.45) is 0 Å². The van der Waals surface area contributed by atoms with Crippen molar-refractivity contribution in [1.29, 1.82) is 0 Å². The summed E-state index contributed by atoms with van der Waals surface area (Å²) in [6, 6.07) is 5.78. The Morgan fingerprint density at radius 2 is 2.12 bits per heavy atom. The van der Waals surface area contributed by atoms with Gasteiger partial charge in [-0.05, 0) is 60.8 Å². The second-order valence-electron chi connectivity index (χ2n) is 5.44. The van der Waals surface area contributed by atoms with Crippen molar-refractivity contribution < 1.29 is 10.2 Å². The Labute approximate surface area is 103 Å².